The average Bonchev–Trinajstić information content (AvgIpc) is 3.00. The molecular formula is C21H28N4O3. The van der Waals surface area contributed by atoms with E-state index in [1.807, 2.05) is 43.0 Å². The van der Waals surface area contributed by atoms with Crippen LogP contribution in [0.3, 0.4) is 0 Å². The van der Waals surface area contributed by atoms with E-state index in [4.69, 9.17) is 4.74 Å². The van der Waals surface area contributed by atoms with Crippen LogP contribution in [0.15, 0.2) is 24.3 Å². The second-order valence-electron chi connectivity index (χ2n) is 7.23. The Kier molecular flexibility index (Phi) is 6.02. The third-order valence-electron chi connectivity index (χ3n) is 5.43. The summed E-state index contributed by atoms with van der Waals surface area (Å²) >= 11 is 0. The highest BCUT2D eigenvalue weighted by molar-refractivity contribution is 5.93. The number of carbonyl (C=O) groups excluding carboxylic acids is 2. The fraction of sp³-hybridized carbons (Fsp3) is 0.476. The maximum Gasteiger partial charge on any atom is 0.272 e. The molecule has 1 aliphatic heterocycles. The third-order valence-corrected chi connectivity index (χ3v) is 5.43. The van der Waals surface area contributed by atoms with Crippen LogP contribution in [0.1, 0.15) is 53.4 Å². The summed E-state index contributed by atoms with van der Waals surface area (Å²) in [7, 11) is 1.63. The van der Waals surface area contributed by atoms with Gasteiger partial charge in [-0.3, -0.25) is 9.59 Å². The van der Waals surface area contributed by atoms with Crippen LogP contribution in [-0.2, 0) is 11.3 Å². The van der Waals surface area contributed by atoms with E-state index in [0.29, 0.717) is 12.2 Å². The number of hydrogen-bond donors (Lipinski definition) is 1. The van der Waals surface area contributed by atoms with Crippen LogP contribution in [0.4, 0.5) is 0 Å². The lowest BCUT2D eigenvalue weighted by atomic mass is 10.0. The summed E-state index contributed by atoms with van der Waals surface area (Å²) in [6.07, 6.45) is 1.76. The van der Waals surface area contributed by atoms with Gasteiger partial charge in [0.1, 0.15) is 17.3 Å². The number of carbonyl (C=O) groups is 2. The maximum atomic E-state index is 12.7. The van der Waals surface area contributed by atoms with E-state index in [0.717, 1.165) is 48.8 Å². The number of likely N-dealkylation sites (tertiary alicyclic amines) is 1. The molecule has 2 amide bonds. The minimum atomic E-state index is -0.170. The highest BCUT2D eigenvalue weighted by Gasteiger charge is 2.26. The lowest BCUT2D eigenvalue weighted by Crippen LogP contribution is -2.38. The van der Waals surface area contributed by atoms with Gasteiger partial charge >= 0.3 is 0 Å². The van der Waals surface area contributed by atoms with Gasteiger partial charge in [0.05, 0.1) is 7.11 Å². The third kappa shape index (κ3) is 4.18. The zero-order valence-electron chi connectivity index (χ0n) is 17.0. The number of nitrogens with zero attached hydrogens (tertiary/aromatic N) is 3. The molecule has 2 aromatic rings. The van der Waals surface area contributed by atoms with Gasteiger partial charge in [0, 0.05) is 38.3 Å². The van der Waals surface area contributed by atoms with E-state index >= 15 is 0 Å². The summed E-state index contributed by atoms with van der Waals surface area (Å²) in [5.74, 6) is 1.58. The summed E-state index contributed by atoms with van der Waals surface area (Å²) in [6.45, 7) is 7.42. The molecule has 0 radical (unpaired) electrons. The molecular weight excluding hydrogens is 356 g/mol. The van der Waals surface area contributed by atoms with Gasteiger partial charge in [0.2, 0.25) is 5.91 Å². The van der Waals surface area contributed by atoms with E-state index < -0.39 is 0 Å². The first-order valence-electron chi connectivity index (χ1n) is 9.62. The van der Waals surface area contributed by atoms with Crippen LogP contribution in [0.5, 0.6) is 5.75 Å². The Hall–Kier alpha value is -2.83. The van der Waals surface area contributed by atoms with Crippen molar-refractivity contribution in [1.29, 1.82) is 0 Å². The second kappa shape index (κ2) is 8.46. The summed E-state index contributed by atoms with van der Waals surface area (Å²) in [6, 6.07) is 7.88. The SMILES string of the molecule is COc1ccc(CNC(=O)c2nc(C)n(C3CCN(C(C)=O)CC3)c2C)cc1. The smallest absolute Gasteiger partial charge is 0.272 e. The number of rotatable bonds is 5. The molecule has 0 spiro atoms. The number of piperidine rings is 1. The highest BCUT2D eigenvalue weighted by Crippen LogP contribution is 2.27. The summed E-state index contributed by atoms with van der Waals surface area (Å²) in [5.41, 5.74) is 2.35. The number of aromatic nitrogens is 2. The van der Waals surface area contributed by atoms with Crippen molar-refractivity contribution in [3.8, 4) is 5.75 Å². The number of amides is 2. The Balaban J connectivity index is 1.67. The average molecular weight is 384 g/mol. The molecule has 1 aromatic heterocycles. The van der Waals surface area contributed by atoms with Crippen molar-refractivity contribution in [1.82, 2.24) is 19.8 Å². The van der Waals surface area contributed by atoms with Crippen molar-refractivity contribution < 1.29 is 14.3 Å². The molecule has 2 heterocycles. The largest absolute Gasteiger partial charge is 0.497 e. The standard InChI is InChI=1S/C21H28N4O3/c1-14-20(21(27)22-13-17-5-7-19(28-4)8-6-17)23-15(2)25(14)18-9-11-24(12-10-18)16(3)26/h5-8,18H,9-13H2,1-4H3,(H,22,27). The van der Waals surface area contributed by atoms with Crippen LogP contribution in [0, 0.1) is 13.8 Å². The van der Waals surface area contributed by atoms with Gasteiger partial charge in [-0.15, -0.1) is 0 Å². The molecule has 1 saturated heterocycles. The molecule has 7 heteroatoms. The fourth-order valence-electron chi connectivity index (χ4n) is 3.85. The number of nitrogens with one attached hydrogen (secondary N) is 1. The van der Waals surface area contributed by atoms with Gasteiger partial charge in [-0.2, -0.15) is 0 Å². The molecule has 0 saturated carbocycles. The molecule has 3 rings (SSSR count). The number of ether oxygens (including phenoxy) is 1. The number of aryl methyl sites for hydroxylation is 1. The first kappa shape index (κ1) is 19.9. The molecule has 1 aliphatic rings. The minimum Gasteiger partial charge on any atom is -0.497 e. The quantitative estimate of drug-likeness (QED) is 0.860. The van der Waals surface area contributed by atoms with Gasteiger partial charge in [0.15, 0.2) is 0 Å². The Morgan fingerprint density at radius 3 is 2.39 bits per heavy atom. The lowest BCUT2D eigenvalue weighted by Gasteiger charge is -2.33. The molecule has 0 bridgehead atoms. The van der Waals surface area contributed by atoms with Crippen molar-refractivity contribution in [3.05, 3.63) is 47.0 Å². The molecule has 0 unspecified atom stereocenters. The van der Waals surface area contributed by atoms with E-state index in [1.165, 1.54) is 0 Å². The maximum absolute atomic E-state index is 12.7. The van der Waals surface area contributed by atoms with Crippen LogP contribution in [0.25, 0.3) is 0 Å². The van der Waals surface area contributed by atoms with Crippen molar-refractivity contribution in [2.24, 2.45) is 0 Å². The predicted molar refractivity (Wildman–Crippen MR) is 106 cm³/mol. The highest BCUT2D eigenvalue weighted by atomic mass is 16.5. The number of methoxy groups -OCH3 is 1. The Labute approximate surface area is 165 Å². The molecule has 0 atom stereocenters. The Bertz CT molecular complexity index is 849. The topological polar surface area (TPSA) is 76.5 Å². The van der Waals surface area contributed by atoms with Crippen molar-refractivity contribution in [3.63, 3.8) is 0 Å². The molecule has 0 aliphatic carbocycles. The van der Waals surface area contributed by atoms with Crippen LogP contribution >= 0.6 is 0 Å². The Morgan fingerprint density at radius 1 is 1.18 bits per heavy atom. The number of imidazole rings is 1. The zero-order chi connectivity index (χ0) is 20.3. The first-order chi connectivity index (χ1) is 13.4. The molecule has 28 heavy (non-hydrogen) atoms. The first-order valence-corrected chi connectivity index (χ1v) is 9.62. The van der Waals surface area contributed by atoms with E-state index in [9.17, 15) is 9.59 Å². The van der Waals surface area contributed by atoms with E-state index in [-0.39, 0.29) is 17.9 Å². The van der Waals surface area contributed by atoms with Crippen LogP contribution in [0.2, 0.25) is 0 Å². The van der Waals surface area contributed by atoms with Gasteiger partial charge in [-0.1, -0.05) is 12.1 Å². The number of hydrogen-bond acceptors (Lipinski definition) is 4. The Morgan fingerprint density at radius 2 is 1.82 bits per heavy atom. The molecule has 1 fully saturated rings. The van der Waals surface area contributed by atoms with Crippen molar-refractivity contribution >= 4 is 11.8 Å². The second-order valence-corrected chi connectivity index (χ2v) is 7.23. The van der Waals surface area contributed by atoms with Gasteiger partial charge < -0.3 is 19.5 Å². The fourth-order valence-corrected chi connectivity index (χ4v) is 3.85. The molecule has 150 valence electrons. The van der Waals surface area contributed by atoms with Gasteiger partial charge in [0.25, 0.3) is 5.91 Å². The molecule has 1 N–H and O–H groups in total. The normalized spacial score (nSPS) is 14.8. The monoisotopic (exact) mass is 384 g/mol. The lowest BCUT2D eigenvalue weighted by molar-refractivity contribution is -0.130. The van der Waals surface area contributed by atoms with Gasteiger partial charge in [-0.25, -0.2) is 4.98 Å². The van der Waals surface area contributed by atoms with Crippen molar-refractivity contribution in [2.45, 2.75) is 46.2 Å². The predicted octanol–water partition coefficient (Wildman–Crippen LogP) is 2.62. The van der Waals surface area contributed by atoms with E-state index in [2.05, 4.69) is 14.9 Å². The van der Waals surface area contributed by atoms with E-state index in [1.54, 1.807) is 14.0 Å². The minimum absolute atomic E-state index is 0.121. The van der Waals surface area contributed by atoms with Gasteiger partial charge in [-0.05, 0) is 44.4 Å². The summed E-state index contributed by atoms with van der Waals surface area (Å²) < 4.78 is 7.30. The zero-order valence-corrected chi connectivity index (χ0v) is 17.0. The van der Waals surface area contributed by atoms with Crippen molar-refractivity contribution in [2.75, 3.05) is 20.2 Å². The van der Waals surface area contributed by atoms with Crippen LogP contribution in [-0.4, -0.2) is 46.5 Å². The summed E-state index contributed by atoms with van der Waals surface area (Å²) in [4.78, 5) is 30.6. The molecule has 7 nitrogen and oxygen atoms in total. The number of benzene rings is 1. The van der Waals surface area contributed by atoms with Crippen LogP contribution < -0.4 is 10.1 Å². The summed E-state index contributed by atoms with van der Waals surface area (Å²) in [5, 5.41) is 2.95. The molecule has 1 aromatic carbocycles.